The van der Waals surface area contributed by atoms with E-state index in [1.165, 1.54) is 0 Å². The second kappa shape index (κ2) is 9.34. The van der Waals surface area contributed by atoms with Gasteiger partial charge >= 0.3 is 60.3 Å². The molecular weight excluding hydrogens is 610 g/mol. The number of alkyl halides is 15. The molecule has 0 amide bonds. The van der Waals surface area contributed by atoms with Gasteiger partial charge in [0.2, 0.25) is 0 Å². The van der Waals surface area contributed by atoms with Crippen molar-refractivity contribution in [2.75, 3.05) is 0 Å². The van der Waals surface area contributed by atoms with Gasteiger partial charge in [0.05, 0.1) is 0 Å². The lowest BCUT2D eigenvalue weighted by Gasteiger charge is -2.30. The van der Waals surface area contributed by atoms with Gasteiger partial charge in [0.15, 0.2) is 0 Å². The lowest BCUT2D eigenvalue weighted by molar-refractivity contribution is -0.386. The lowest BCUT2D eigenvalue weighted by atomic mass is 10.6. The number of phosphoric acid groups is 3. The van der Waals surface area contributed by atoms with E-state index in [1.54, 1.807) is 0 Å². The summed E-state index contributed by atoms with van der Waals surface area (Å²) in [4.78, 5) is 16.6. The van der Waals surface area contributed by atoms with E-state index in [9.17, 15) is 79.6 Å². The highest BCUT2D eigenvalue weighted by molar-refractivity contribution is 7.67. The smallest absolute Gasteiger partial charge is 0.302 e. The van der Waals surface area contributed by atoms with Gasteiger partial charge in [-0.15, -0.1) is 0 Å². The molecule has 1 atom stereocenters. The molecule has 0 aromatic rings. The molecule has 206 valence electrons. The highest BCUT2D eigenvalue weighted by atomic mass is 31.3. The molecule has 34 heavy (non-hydrogen) atoms. The molecule has 0 aromatic heterocycles. The summed E-state index contributed by atoms with van der Waals surface area (Å²) in [5, 5.41) is 0. The Balaban J connectivity index is 6.80. The van der Waals surface area contributed by atoms with E-state index in [-0.39, 0.29) is 0 Å². The predicted molar refractivity (Wildman–Crippen MR) is 65.7 cm³/mol. The molecule has 28 heteroatoms. The lowest BCUT2D eigenvalue weighted by Crippen LogP contribution is -2.42. The first-order valence-electron chi connectivity index (χ1n) is 6.42. The molecule has 0 aromatic carbocycles. The maximum Gasteiger partial charge on any atom is 0.497 e. The minimum atomic E-state index is -8.50. The van der Waals surface area contributed by atoms with Crippen LogP contribution in [0.5, 0.6) is 0 Å². The third-order valence-corrected chi connectivity index (χ3v) is 6.69. The third kappa shape index (κ3) is 9.10. The van der Waals surface area contributed by atoms with E-state index in [1.807, 2.05) is 13.6 Å². The van der Waals surface area contributed by atoms with Gasteiger partial charge in [-0.1, -0.05) is 0 Å². The zero-order valence-electron chi connectivity index (χ0n) is 14.2. The average molecular weight is 612 g/mol. The van der Waals surface area contributed by atoms with Crippen LogP contribution in [0.3, 0.4) is 0 Å². The van der Waals surface area contributed by atoms with Crippen LogP contribution in [0.25, 0.3) is 0 Å². The molecule has 0 aliphatic heterocycles. The molecule has 2 N–H and O–H groups in total. The summed E-state index contributed by atoms with van der Waals surface area (Å²) < 4.78 is 231. The van der Waals surface area contributed by atoms with Crippen LogP contribution in [0, 0.1) is 0 Å². The van der Waals surface area contributed by atoms with Gasteiger partial charge in [-0.25, -0.2) is 27.3 Å². The summed E-state index contributed by atoms with van der Waals surface area (Å²) in [5.41, 5.74) is 0. The quantitative estimate of drug-likeness (QED) is 0.229. The largest absolute Gasteiger partial charge is 0.497 e. The van der Waals surface area contributed by atoms with Crippen molar-refractivity contribution < 1.29 is 112 Å². The van der Waals surface area contributed by atoms with Gasteiger partial charge < -0.3 is 9.79 Å². The van der Waals surface area contributed by atoms with Crippen molar-refractivity contribution in [3.8, 4) is 0 Å². The topological polar surface area (TPSA) is 138 Å². The van der Waals surface area contributed by atoms with Crippen molar-refractivity contribution in [3.63, 3.8) is 0 Å². The predicted octanol–water partition coefficient (Wildman–Crippen LogP) is 5.84. The van der Waals surface area contributed by atoms with Crippen molar-refractivity contribution in [1.29, 1.82) is 0 Å². The van der Waals surface area contributed by atoms with Crippen LogP contribution in [0.2, 0.25) is 0 Å². The van der Waals surface area contributed by atoms with E-state index in [2.05, 4.69) is 8.62 Å². The van der Waals surface area contributed by atoms with Gasteiger partial charge in [-0.05, 0) is 0 Å². The monoisotopic (exact) mass is 612 g/mol. The Morgan fingerprint density at radius 1 is 0.441 bits per heavy atom. The molecule has 0 saturated heterocycles. The number of phosphoric ester groups is 1. The van der Waals surface area contributed by atoms with Crippen molar-refractivity contribution >= 4 is 23.5 Å². The van der Waals surface area contributed by atoms with E-state index >= 15 is 0 Å². The van der Waals surface area contributed by atoms with E-state index in [0.717, 1.165) is 0 Å². The van der Waals surface area contributed by atoms with E-state index < -0.39 is 60.3 Å². The van der Waals surface area contributed by atoms with Crippen LogP contribution >= 0.6 is 23.5 Å². The normalized spacial score (nSPS) is 17.6. The minimum absolute atomic E-state index is 1.89. The van der Waals surface area contributed by atoms with Gasteiger partial charge in [-0.2, -0.15) is 74.5 Å². The summed E-state index contributed by atoms with van der Waals surface area (Å²) in [6.45, 7) is 0. The number of rotatable bonds is 10. The SMILES string of the molecule is O=P(O)(O)OP(=O)(OC(F)(F)C(F)(F)F)OP(=O)(OC(F)(F)C(F)(F)F)OC(F)(F)C(F)(F)F. The van der Waals surface area contributed by atoms with Crippen molar-refractivity contribution in [1.82, 2.24) is 0 Å². The second-order valence-electron chi connectivity index (χ2n) is 4.87. The summed E-state index contributed by atoms with van der Waals surface area (Å²) >= 11 is 0. The average Bonchev–Trinajstić information content (AvgIpc) is 2.36. The van der Waals surface area contributed by atoms with Gasteiger partial charge in [0.1, 0.15) is 0 Å². The van der Waals surface area contributed by atoms with Crippen LogP contribution < -0.4 is 0 Å². The van der Waals surface area contributed by atoms with E-state index in [4.69, 9.17) is 9.79 Å². The van der Waals surface area contributed by atoms with Crippen LogP contribution in [0.4, 0.5) is 65.9 Å². The number of halogens is 15. The van der Waals surface area contributed by atoms with Crippen LogP contribution in [-0.2, 0) is 35.9 Å². The Kier molecular flexibility index (Phi) is 9.17. The summed E-state index contributed by atoms with van der Waals surface area (Å²) in [5.74, 6) is 0. The Bertz CT molecular complexity index is 838. The summed E-state index contributed by atoms with van der Waals surface area (Å²) in [6, 6.07) is 0. The minimum Gasteiger partial charge on any atom is -0.302 e. The van der Waals surface area contributed by atoms with Gasteiger partial charge in [0.25, 0.3) is 0 Å². The maximum absolute atomic E-state index is 12.9. The van der Waals surface area contributed by atoms with Crippen LogP contribution in [0.15, 0.2) is 0 Å². The second-order valence-corrected chi connectivity index (χ2v) is 9.49. The zero-order valence-corrected chi connectivity index (χ0v) is 16.9. The zero-order chi connectivity index (χ0) is 28.0. The number of hydrogen-bond donors (Lipinski definition) is 2. The summed E-state index contributed by atoms with van der Waals surface area (Å²) in [7, 11) is -23.5. The molecule has 0 fully saturated rings. The Morgan fingerprint density at radius 2 is 0.676 bits per heavy atom. The summed E-state index contributed by atoms with van der Waals surface area (Å²) in [6.07, 6.45) is -43.4. The van der Waals surface area contributed by atoms with Crippen molar-refractivity contribution in [2.45, 2.75) is 36.9 Å². The van der Waals surface area contributed by atoms with Gasteiger partial charge in [0, 0.05) is 0 Å². The molecule has 0 aliphatic carbocycles. The first-order chi connectivity index (χ1) is 14.3. The molecule has 0 bridgehead atoms. The fourth-order valence-electron chi connectivity index (χ4n) is 0.929. The van der Waals surface area contributed by atoms with E-state index in [0.29, 0.717) is 0 Å². The molecule has 0 saturated carbocycles. The van der Waals surface area contributed by atoms with Gasteiger partial charge in [-0.3, -0.25) is 0 Å². The van der Waals surface area contributed by atoms with Crippen LogP contribution in [0.1, 0.15) is 0 Å². The first kappa shape index (κ1) is 33.4. The molecule has 0 rings (SSSR count). The fourth-order valence-corrected chi connectivity index (χ4v) is 5.06. The standard InChI is InChI=1S/C6H2F15O10P3/c7-1(8,9)4(16,17)27-33(25,28-5(18,19)2(10,11)12)31-34(26,30-32(22,23)24)29-6(20,21)3(13,14)15/h(H2,22,23,24). The fraction of sp³-hybridized carbons (Fsp3) is 1.00. The third-order valence-electron chi connectivity index (χ3n) is 2.08. The highest BCUT2D eigenvalue weighted by Gasteiger charge is 2.71. The molecule has 10 nitrogen and oxygen atoms in total. The number of hydrogen-bond acceptors (Lipinski definition) is 8. The molecule has 0 spiro atoms. The molecule has 0 radical (unpaired) electrons. The maximum atomic E-state index is 12.9. The molecule has 0 heterocycles. The van der Waals surface area contributed by atoms with Crippen LogP contribution in [-0.4, -0.2) is 46.6 Å². The molecular formula is C6H2F15O10P3. The van der Waals surface area contributed by atoms with Crippen molar-refractivity contribution in [3.05, 3.63) is 0 Å². The highest BCUT2D eigenvalue weighted by Crippen LogP contribution is 2.75. The Morgan fingerprint density at radius 3 is 0.882 bits per heavy atom. The molecule has 0 aliphatic rings. The van der Waals surface area contributed by atoms with Crippen molar-refractivity contribution in [2.24, 2.45) is 0 Å². The Labute approximate surface area is 173 Å². The first-order valence-corrected chi connectivity index (χ1v) is 10.9. The Hall–Kier alpha value is -0.640. The molecule has 1 unspecified atom stereocenters.